The van der Waals surface area contributed by atoms with Crippen molar-refractivity contribution in [3.05, 3.63) is 0 Å². The Labute approximate surface area is 70.4 Å². The molecule has 12 heavy (non-hydrogen) atoms. The van der Waals surface area contributed by atoms with Crippen LogP contribution >= 0.6 is 0 Å². The summed E-state index contributed by atoms with van der Waals surface area (Å²) in [7, 11) is 1.46. The molecule has 0 aromatic heterocycles. The third-order valence-electron chi connectivity index (χ3n) is 1.62. The Balaban J connectivity index is 2.24. The highest BCUT2D eigenvalue weighted by Gasteiger charge is 2.25. The van der Waals surface area contributed by atoms with Crippen LogP contribution in [-0.4, -0.2) is 41.6 Å². The number of carbonyl (C=O) groups is 2. The molecule has 68 valence electrons. The molecule has 5 heteroatoms. The molecule has 0 radical (unpaired) electrons. The minimum atomic E-state index is -0.997. The molecule has 0 saturated heterocycles. The summed E-state index contributed by atoms with van der Waals surface area (Å²) >= 11 is 0. The molecule has 0 unspecified atom stereocenters. The number of carboxylic acid groups (broad SMARTS) is 1. The second kappa shape index (κ2) is 3.42. The number of likely N-dealkylation sites (N-methyl/N-ethyl adjacent to an activating group) is 1. The van der Waals surface area contributed by atoms with Gasteiger partial charge < -0.3 is 15.3 Å². The molecule has 1 saturated carbocycles. The first-order valence-electron chi connectivity index (χ1n) is 3.83. The fourth-order valence-electron chi connectivity index (χ4n) is 0.787. The summed E-state index contributed by atoms with van der Waals surface area (Å²) in [5, 5.41) is 11.0. The number of hydrogen-bond acceptors (Lipinski definition) is 2. The number of rotatable bonds is 3. The SMILES string of the molecule is CN(CC(=O)O)C(=O)NC1CC1. The maximum Gasteiger partial charge on any atom is 0.323 e. The van der Waals surface area contributed by atoms with E-state index in [-0.39, 0.29) is 18.6 Å². The topological polar surface area (TPSA) is 69.6 Å². The van der Waals surface area contributed by atoms with Gasteiger partial charge in [-0.2, -0.15) is 0 Å². The minimum Gasteiger partial charge on any atom is -0.480 e. The van der Waals surface area contributed by atoms with Crippen LogP contribution < -0.4 is 5.32 Å². The van der Waals surface area contributed by atoms with Crippen LogP contribution in [-0.2, 0) is 4.79 Å². The van der Waals surface area contributed by atoms with Crippen molar-refractivity contribution in [2.45, 2.75) is 18.9 Å². The van der Waals surface area contributed by atoms with E-state index in [2.05, 4.69) is 5.32 Å². The molecule has 1 aliphatic rings. The molecule has 0 bridgehead atoms. The fraction of sp³-hybridized carbons (Fsp3) is 0.714. The van der Waals surface area contributed by atoms with Crippen LogP contribution in [0.3, 0.4) is 0 Å². The number of nitrogens with one attached hydrogen (secondary N) is 1. The predicted octanol–water partition coefficient (Wildman–Crippen LogP) is -0.125. The lowest BCUT2D eigenvalue weighted by atomic mass is 10.5. The second-order valence-electron chi connectivity index (χ2n) is 2.97. The van der Waals surface area contributed by atoms with Gasteiger partial charge in [0.2, 0.25) is 0 Å². The molecule has 5 nitrogen and oxygen atoms in total. The molecule has 0 aromatic carbocycles. The highest BCUT2D eigenvalue weighted by atomic mass is 16.4. The van der Waals surface area contributed by atoms with E-state index in [4.69, 9.17) is 5.11 Å². The van der Waals surface area contributed by atoms with E-state index in [1.807, 2.05) is 0 Å². The van der Waals surface area contributed by atoms with Gasteiger partial charge in [0, 0.05) is 13.1 Å². The zero-order valence-electron chi connectivity index (χ0n) is 6.91. The van der Waals surface area contributed by atoms with Crippen LogP contribution in [0.2, 0.25) is 0 Å². The highest BCUT2D eigenvalue weighted by Crippen LogP contribution is 2.18. The van der Waals surface area contributed by atoms with E-state index in [0.717, 1.165) is 17.7 Å². The van der Waals surface area contributed by atoms with Crippen molar-refractivity contribution in [3.8, 4) is 0 Å². The summed E-state index contributed by atoms with van der Waals surface area (Å²) < 4.78 is 0. The van der Waals surface area contributed by atoms with E-state index < -0.39 is 5.97 Å². The van der Waals surface area contributed by atoms with Gasteiger partial charge in [-0.15, -0.1) is 0 Å². The molecule has 0 aliphatic heterocycles. The van der Waals surface area contributed by atoms with E-state index >= 15 is 0 Å². The van der Waals surface area contributed by atoms with Crippen molar-refractivity contribution < 1.29 is 14.7 Å². The van der Waals surface area contributed by atoms with Crippen LogP contribution in [0.15, 0.2) is 0 Å². The van der Waals surface area contributed by atoms with Crippen LogP contribution in [0.5, 0.6) is 0 Å². The lowest BCUT2D eigenvalue weighted by Crippen LogP contribution is -2.40. The summed E-state index contributed by atoms with van der Waals surface area (Å²) in [5.74, 6) is -0.997. The molecular weight excluding hydrogens is 160 g/mol. The number of nitrogens with zero attached hydrogens (tertiary/aromatic N) is 1. The van der Waals surface area contributed by atoms with Crippen molar-refractivity contribution in [3.63, 3.8) is 0 Å². The Bertz CT molecular complexity index is 201. The minimum absolute atomic E-state index is 0.251. The van der Waals surface area contributed by atoms with Crippen molar-refractivity contribution in [2.75, 3.05) is 13.6 Å². The van der Waals surface area contributed by atoms with Gasteiger partial charge in [0.05, 0.1) is 0 Å². The first-order valence-corrected chi connectivity index (χ1v) is 3.83. The molecular formula is C7H12N2O3. The number of aliphatic carboxylic acids is 1. The van der Waals surface area contributed by atoms with Crippen molar-refractivity contribution in [1.82, 2.24) is 10.2 Å². The molecule has 2 amide bonds. The van der Waals surface area contributed by atoms with Gasteiger partial charge in [0.25, 0.3) is 0 Å². The number of hydrogen-bond donors (Lipinski definition) is 2. The Morgan fingerprint density at radius 2 is 2.17 bits per heavy atom. The first-order chi connectivity index (χ1) is 5.59. The van der Waals surface area contributed by atoms with Gasteiger partial charge in [-0.1, -0.05) is 0 Å². The van der Waals surface area contributed by atoms with E-state index in [9.17, 15) is 9.59 Å². The standard InChI is InChI=1S/C7H12N2O3/c1-9(4-6(10)11)7(12)8-5-2-3-5/h5H,2-4H2,1H3,(H,8,12)(H,10,11). The zero-order valence-corrected chi connectivity index (χ0v) is 6.91. The molecule has 0 spiro atoms. The monoisotopic (exact) mass is 172 g/mol. The van der Waals surface area contributed by atoms with Gasteiger partial charge in [0.1, 0.15) is 6.54 Å². The van der Waals surface area contributed by atoms with Gasteiger partial charge in [-0.3, -0.25) is 4.79 Å². The Morgan fingerprint density at radius 1 is 1.58 bits per heavy atom. The fourth-order valence-corrected chi connectivity index (χ4v) is 0.787. The van der Waals surface area contributed by atoms with E-state index in [1.165, 1.54) is 7.05 Å². The van der Waals surface area contributed by atoms with Gasteiger partial charge in [0.15, 0.2) is 0 Å². The molecule has 2 N–H and O–H groups in total. The number of urea groups is 1. The molecule has 0 heterocycles. The highest BCUT2D eigenvalue weighted by molar-refractivity contribution is 5.80. The molecule has 0 aromatic rings. The summed E-state index contributed by atoms with van der Waals surface area (Å²) in [6, 6.07) is -0.0337. The van der Waals surface area contributed by atoms with Crippen molar-refractivity contribution in [1.29, 1.82) is 0 Å². The van der Waals surface area contributed by atoms with Crippen LogP contribution in [0.4, 0.5) is 4.79 Å². The van der Waals surface area contributed by atoms with Gasteiger partial charge in [-0.25, -0.2) is 4.79 Å². The third-order valence-corrected chi connectivity index (χ3v) is 1.62. The van der Waals surface area contributed by atoms with Gasteiger partial charge >= 0.3 is 12.0 Å². The maximum atomic E-state index is 11.1. The zero-order chi connectivity index (χ0) is 9.14. The lowest BCUT2D eigenvalue weighted by molar-refractivity contribution is -0.137. The second-order valence-corrected chi connectivity index (χ2v) is 2.97. The Morgan fingerprint density at radius 3 is 2.58 bits per heavy atom. The number of carboxylic acids is 1. The average Bonchev–Trinajstić information content (AvgIpc) is 2.70. The van der Waals surface area contributed by atoms with Crippen LogP contribution in [0.1, 0.15) is 12.8 Å². The van der Waals surface area contributed by atoms with Crippen molar-refractivity contribution >= 4 is 12.0 Å². The Kier molecular flexibility index (Phi) is 2.52. The number of carbonyl (C=O) groups excluding carboxylic acids is 1. The first kappa shape index (κ1) is 8.83. The summed E-state index contributed by atoms with van der Waals surface area (Å²) in [4.78, 5) is 22.4. The summed E-state index contributed by atoms with van der Waals surface area (Å²) in [5.41, 5.74) is 0. The number of amides is 2. The maximum absolute atomic E-state index is 11.1. The molecule has 1 aliphatic carbocycles. The van der Waals surface area contributed by atoms with E-state index in [0.29, 0.717) is 0 Å². The van der Waals surface area contributed by atoms with Crippen LogP contribution in [0.25, 0.3) is 0 Å². The van der Waals surface area contributed by atoms with Crippen LogP contribution in [0, 0.1) is 0 Å². The molecule has 1 rings (SSSR count). The molecule has 0 atom stereocenters. The predicted molar refractivity (Wildman–Crippen MR) is 41.8 cm³/mol. The summed E-state index contributed by atoms with van der Waals surface area (Å²) in [6.45, 7) is -0.251. The van der Waals surface area contributed by atoms with Gasteiger partial charge in [-0.05, 0) is 12.8 Å². The summed E-state index contributed by atoms with van der Waals surface area (Å²) in [6.07, 6.45) is 2.01. The average molecular weight is 172 g/mol. The Hall–Kier alpha value is -1.26. The third kappa shape index (κ3) is 2.77. The quantitative estimate of drug-likeness (QED) is 0.623. The van der Waals surface area contributed by atoms with E-state index in [1.54, 1.807) is 0 Å². The lowest BCUT2D eigenvalue weighted by Gasteiger charge is -2.14. The largest absolute Gasteiger partial charge is 0.480 e. The normalized spacial score (nSPS) is 15.4. The van der Waals surface area contributed by atoms with Crippen molar-refractivity contribution in [2.24, 2.45) is 0 Å². The smallest absolute Gasteiger partial charge is 0.323 e. The molecule has 1 fully saturated rings.